The molecule has 3 heterocycles. The summed E-state index contributed by atoms with van der Waals surface area (Å²) in [6.07, 6.45) is 5.08. The number of nitrogens with zero attached hydrogens (tertiary/aromatic N) is 4. The molecule has 0 spiro atoms. The van der Waals surface area contributed by atoms with E-state index in [2.05, 4.69) is 5.10 Å². The number of ether oxygens (including phenoxy) is 3. The molecule has 4 aromatic rings. The summed E-state index contributed by atoms with van der Waals surface area (Å²) in [5.74, 6) is 1.01. The highest BCUT2D eigenvalue weighted by molar-refractivity contribution is 5.92. The third-order valence-corrected chi connectivity index (χ3v) is 6.27. The van der Waals surface area contributed by atoms with Gasteiger partial charge in [0.05, 0.1) is 26.0 Å². The van der Waals surface area contributed by atoms with Gasteiger partial charge in [0.15, 0.2) is 17.1 Å². The Kier molecular flexibility index (Phi) is 6.05. The summed E-state index contributed by atoms with van der Waals surface area (Å²) in [4.78, 5) is 30.5. The topological polar surface area (TPSA) is 97.5 Å². The summed E-state index contributed by atoms with van der Waals surface area (Å²) in [7, 11) is 4.78. The Morgan fingerprint density at radius 3 is 2.44 bits per heavy atom. The number of hydrogen-bond acceptors (Lipinski definition) is 7. The molecule has 0 atom stereocenters. The van der Waals surface area contributed by atoms with Gasteiger partial charge in [-0.1, -0.05) is 17.7 Å². The molecule has 36 heavy (non-hydrogen) atoms. The summed E-state index contributed by atoms with van der Waals surface area (Å²) in [5.41, 5.74) is 3.60. The van der Waals surface area contributed by atoms with Crippen LogP contribution in [0, 0.1) is 6.92 Å². The Bertz CT molecular complexity index is 1540. The summed E-state index contributed by atoms with van der Waals surface area (Å²) in [6, 6.07) is 10.7. The number of carbonyl (C=O) groups is 1. The second-order valence-electron chi connectivity index (χ2n) is 8.68. The van der Waals surface area contributed by atoms with E-state index in [0.29, 0.717) is 40.5 Å². The van der Waals surface area contributed by atoms with Crippen molar-refractivity contribution in [1.29, 1.82) is 0 Å². The smallest absolute Gasteiger partial charge is 0.343 e. The van der Waals surface area contributed by atoms with Crippen molar-refractivity contribution in [1.82, 2.24) is 19.3 Å². The lowest BCUT2D eigenvalue weighted by Gasteiger charge is -2.20. The lowest BCUT2D eigenvalue weighted by Crippen LogP contribution is -2.27. The van der Waals surface area contributed by atoms with Gasteiger partial charge in [0.2, 0.25) is 5.75 Å². The lowest BCUT2D eigenvalue weighted by atomic mass is 10.0. The Hall–Kier alpha value is -4.40. The van der Waals surface area contributed by atoms with Gasteiger partial charge in [0.1, 0.15) is 11.2 Å². The van der Waals surface area contributed by atoms with Crippen molar-refractivity contribution in [3.8, 4) is 17.2 Å². The molecule has 1 aliphatic heterocycles. The first-order valence-corrected chi connectivity index (χ1v) is 11.6. The fraction of sp³-hybridized carbons (Fsp3) is 0.259. The molecule has 9 nitrogen and oxygen atoms in total. The number of aryl methyl sites for hydroxylation is 2. The fourth-order valence-corrected chi connectivity index (χ4v) is 4.37. The van der Waals surface area contributed by atoms with Gasteiger partial charge in [0, 0.05) is 13.6 Å². The van der Waals surface area contributed by atoms with Crippen LogP contribution in [0.1, 0.15) is 40.2 Å². The van der Waals surface area contributed by atoms with Gasteiger partial charge < -0.3 is 14.2 Å². The third-order valence-electron chi connectivity index (χ3n) is 6.27. The highest BCUT2D eigenvalue weighted by Gasteiger charge is 2.22. The van der Waals surface area contributed by atoms with Crippen LogP contribution >= 0.6 is 0 Å². The van der Waals surface area contributed by atoms with Crippen LogP contribution in [-0.2, 0) is 13.6 Å². The van der Waals surface area contributed by atoms with Crippen molar-refractivity contribution in [3.05, 3.63) is 75.5 Å². The predicted octanol–water partition coefficient (Wildman–Crippen LogP) is 4.01. The van der Waals surface area contributed by atoms with Gasteiger partial charge in [-0.25, -0.2) is 9.78 Å². The number of rotatable bonds is 5. The van der Waals surface area contributed by atoms with E-state index >= 15 is 0 Å². The number of fused-ring (bicyclic) bond motifs is 2. The number of benzene rings is 2. The Balaban J connectivity index is 1.55. The van der Waals surface area contributed by atoms with Crippen molar-refractivity contribution in [3.63, 3.8) is 0 Å². The van der Waals surface area contributed by atoms with E-state index in [0.717, 1.165) is 29.5 Å². The summed E-state index contributed by atoms with van der Waals surface area (Å²) >= 11 is 0. The number of esters is 1. The quantitative estimate of drug-likeness (QED) is 0.311. The van der Waals surface area contributed by atoms with E-state index in [-0.39, 0.29) is 11.3 Å². The number of aromatic nitrogens is 4. The van der Waals surface area contributed by atoms with Gasteiger partial charge in [-0.05, 0) is 61.2 Å². The standard InChI is InChI=1S/C27H26N4O5/c1-16-7-9-18(10-8-16)27(33)36-23-21(34-3)13-17(14-22(23)35-4)12-19-6-5-11-31-24(19)29-25-20(26(31)32)15-28-30(25)2/h7-10,12-15H,5-6,11H2,1-4H3/b19-12+. The first-order valence-electron chi connectivity index (χ1n) is 11.6. The van der Waals surface area contributed by atoms with E-state index < -0.39 is 5.97 Å². The summed E-state index contributed by atoms with van der Waals surface area (Å²) in [5, 5.41) is 4.69. The number of allylic oxidation sites excluding steroid dienone is 1. The van der Waals surface area contributed by atoms with Crippen molar-refractivity contribution < 1.29 is 19.0 Å². The molecule has 0 radical (unpaired) electrons. The minimum absolute atomic E-state index is 0.0952. The molecule has 0 unspecified atom stereocenters. The first kappa shape index (κ1) is 23.3. The van der Waals surface area contributed by atoms with Crippen LogP contribution in [0.2, 0.25) is 0 Å². The molecular formula is C27H26N4O5. The molecule has 2 aromatic carbocycles. The minimum Gasteiger partial charge on any atom is -0.493 e. The molecule has 0 saturated carbocycles. The van der Waals surface area contributed by atoms with Gasteiger partial charge in [-0.15, -0.1) is 0 Å². The second kappa shape index (κ2) is 9.33. The summed E-state index contributed by atoms with van der Waals surface area (Å²) in [6.45, 7) is 2.55. The van der Waals surface area contributed by atoms with Crippen LogP contribution in [0.4, 0.5) is 0 Å². The van der Waals surface area contributed by atoms with E-state index in [9.17, 15) is 9.59 Å². The van der Waals surface area contributed by atoms with Crippen LogP contribution in [-0.4, -0.2) is 39.5 Å². The molecular weight excluding hydrogens is 460 g/mol. The normalized spacial score (nSPS) is 14.1. The molecule has 9 heteroatoms. The van der Waals surface area contributed by atoms with Crippen molar-refractivity contribution in [2.75, 3.05) is 14.2 Å². The van der Waals surface area contributed by atoms with E-state index in [4.69, 9.17) is 19.2 Å². The van der Waals surface area contributed by atoms with Crippen LogP contribution < -0.4 is 19.8 Å². The van der Waals surface area contributed by atoms with Crippen LogP contribution in [0.25, 0.3) is 22.7 Å². The monoisotopic (exact) mass is 486 g/mol. The van der Waals surface area contributed by atoms with E-state index in [1.54, 1.807) is 46.8 Å². The van der Waals surface area contributed by atoms with Crippen molar-refractivity contribution >= 4 is 28.7 Å². The Morgan fingerprint density at radius 1 is 1.08 bits per heavy atom. The highest BCUT2D eigenvalue weighted by atomic mass is 16.6. The predicted molar refractivity (Wildman–Crippen MR) is 136 cm³/mol. The highest BCUT2D eigenvalue weighted by Crippen LogP contribution is 2.40. The average Bonchev–Trinajstić information content (AvgIpc) is 3.26. The molecule has 0 fully saturated rings. The molecule has 0 aliphatic carbocycles. The van der Waals surface area contributed by atoms with Crippen molar-refractivity contribution in [2.24, 2.45) is 7.05 Å². The van der Waals surface area contributed by atoms with Gasteiger partial charge in [-0.2, -0.15) is 5.10 Å². The Morgan fingerprint density at radius 2 is 1.78 bits per heavy atom. The zero-order valence-corrected chi connectivity index (χ0v) is 20.6. The van der Waals surface area contributed by atoms with Gasteiger partial charge in [0.25, 0.3) is 5.56 Å². The summed E-state index contributed by atoms with van der Waals surface area (Å²) < 4.78 is 20.1. The van der Waals surface area contributed by atoms with Crippen LogP contribution in [0.15, 0.2) is 47.4 Å². The van der Waals surface area contributed by atoms with Crippen molar-refractivity contribution in [2.45, 2.75) is 26.3 Å². The van der Waals surface area contributed by atoms with E-state index in [1.807, 2.05) is 25.1 Å². The van der Waals surface area contributed by atoms with E-state index in [1.165, 1.54) is 14.2 Å². The second-order valence-corrected chi connectivity index (χ2v) is 8.68. The molecule has 1 aliphatic rings. The molecule has 0 bridgehead atoms. The number of carbonyl (C=O) groups excluding carboxylic acids is 1. The number of methoxy groups -OCH3 is 2. The minimum atomic E-state index is -0.511. The van der Waals surface area contributed by atoms with Crippen LogP contribution in [0.3, 0.4) is 0 Å². The molecule has 2 aromatic heterocycles. The maximum atomic E-state index is 13.0. The average molecular weight is 487 g/mol. The maximum Gasteiger partial charge on any atom is 0.343 e. The fourth-order valence-electron chi connectivity index (χ4n) is 4.37. The third kappa shape index (κ3) is 4.13. The van der Waals surface area contributed by atoms with Gasteiger partial charge >= 0.3 is 5.97 Å². The van der Waals surface area contributed by atoms with Gasteiger partial charge in [-0.3, -0.25) is 14.0 Å². The maximum absolute atomic E-state index is 13.0. The zero-order chi connectivity index (χ0) is 25.4. The first-order chi connectivity index (χ1) is 17.4. The Labute approximate surface area is 207 Å². The molecule has 184 valence electrons. The number of hydrogen-bond donors (Lipinski definition) is 0. The molecule has 0 saturated heterocycles. The molecule has 0 amide bonds. The van der Waals surface area contributed by atoms with Crippen LogP contribution in [0.5, 0.6) is 17.2 Å². The molecule has 5 rings (SSSR count). The zero-order valence-electron chi connectivity index (χ0n) is 20.6. The lowest BCUT2D eigenvalue weighted by molar-refractivity contribution is 0.0724. The SMILES string of the molecule is COc1cc(/C=C2\CCCn3c2nc2c(cnn2C)c3=O)cc(OC)c1OC(=O)c1ccc(C)cc1. The molecule has 0 N–H and O–H groups in total. The largest absolute Gasteiger partial charge is 0.493 e.